The monoisotopic (exact) mass is 500 g/mol. The number of nitrogens with zero attached hydrogens (tertiary/aromatic N) is 1. The van der Waals surface area contributed by atoms with Crippen LogP contribution in [0.15, 0.2) is 65.6 Å². The zero-order chi connectivity index (χ0) is 25.0. The summed E-state index contributed by atoms with van der Waals surface area (Å²) in [6.07, 6.45) is 0. The topological polar surface area (TPSA) is 75.7 Å². The van der Waals surface area contributed by atoms with Gasteiger partial charge in [-0.3, -0.25) is 9.10 Å². The van der Waals surface area contributed by atoms with Crippen molar-refractivity contribution in [2.24, 2.45) is 0 Å². The van der Waals surface area contributed by atoms with E-state index in [0.717, 1.165) is 26.6 Å². The van der Waals surface area contributed by atoms with Gasteiger partial charge in [-0.15, -0.1) is 0 Å². The van der Waals surface area contributed by atoms with Crippen LogP contribution in [0.5, 0.6) is 5.75 Å². The number of hydrogen-bond acceptors (Lipinski definition) is 4. The summed E-state index contributed by atoms with van der Waals surface area (Å²) in [4.78, 5) is 13.2. The molecule has 6 nitrogen and oxygen atoms in total. The molecular formula is C26H29ClN2O4S. The zero-order valence-corrected chi connectivity index (χ0v) is 21.5. The van der Waals surface area contributed by atoms with Crippen LogP contribution in [0.4, 0.5) is 5.69 Å². The molecule has 3 aromatic rings. The number of anilines is 1. The highest BCUT2D eigenvalue weighted by Crippen LogP contribution is 2.35. The molecule has 1 atom stereocenters. The first-order valence-electron chi connectivity index (χ1n) is 10.8. The van der Waals surface area contributed by atoms with Crippen LogP contribution in [-0.4, -0.2) is 28.0 Å². The van der Waals surface area contributed by atoms with Crippen molar-refractivity contribution in [2.45, 2.75) is 38.6 Å². The number of aryl methyl sites for hydroxylation is 3. The Labute approximate surface area is 206 Å². The predicted molar refractivity (Wildman–Crippen MR) is 136 cm³/mol. The van der Waals surface area contributed by atoms with Crippen molar-refractivity contribution in [2.75, 3.05) is 18.0 Å². The summed E-state index contributed by atoms with van der Waals surface area (Å²) in [6.45, 7) is 7.29. The van der Waals surface area contributed by atoms with Crippen LogP contribution in [0.3, 0.4) is 0 Å². The van der Waals surface area contributed by atoms with Crippen LogP contribution >= 0.6 is 11.6 Å². The first kappa shape index (κ1) is 25.6. The molecule has 0 aromatic heterocycles. The Balaban J connectivity index is 1.98. The normalized spacial score (nSPS) is 12.2. The molecule has 1 amide bonds. The summed E-state index contributed by atoms with van der Waals surface area (Å²) in [5, 5.41) is 3.25. The first-order valence-corrected chi connectivity index (χ1v) is 12.6. The predicted octanol–water partition coefficient (Wildman–Crippen LogP) is 5.35. The van der Waals surface area contributed by atoms with Gasteiger partial charge in [-0.2, -0.15) is 0 Å². The summed E-state index contributed by atoms with van der Waals surface area (Å²) in [5.74, 6) is -0.166. The van der Waals surface area contributed by atoms with Crippen molar-refractivity contribution in [1.29, 1.82) is 0 Å². The van der Waals surface area contributed by atoms with Crippen LogP contribution in [-0.2, 0) is 14.8 Å². The molecule has 0 unspecified atom stereocenters. The number of ether oxygens (including phenoxy) is 1. The van der Waals surface area contributed by atoms with Crippen molar-refractivity contribution in [1.82, 2.24) is 5.32 Å². The van der Waals surface area contributed by atoms with Crippen LogP contribution in [0.1, 0.15) is 35.2 Å². The summed E-state index contributed by atoms with van der Waals surface area (Å²) < 4.78 is 33.7. The molecule has 34 heavy (non-hydrogen) atoms. The molecule has 0 spiro atoms. The van der Waals surface area contributed by atoms with Crippen molar-refractivity contribution in [3.8, 4) is 5.75 Å². The molecular weight excluding hydrogens is 472 g/mol. The van der Waals surface area contributed by atoms with E-state index in [1.54, 1.807) is 24.3 Å². The Hall–Kier alpha value is -3.03. The second-order valence-corrected chi connectivity index (χ2v) is 10.6. The fourth-order valence-electron chi connectivity index (χ4n) is 3.80. The van der Waals surface area contributed by atoms with E-state index in [2.05, 4.69) is 5.32 Å². The smallest absolute Gasteiger partial charge is 0.264 e. The maximum Gasteiger partial charge on any atom is 0.264 e. The van der Waals surface area contributed by atoms with Gasteiger partial charge >= 0.3 is 0 Å². The van der Waals surface area contributed by atoms with Crippen molar-refractivity contribution < 1.29 is 17.9 Å². The average molecular weight is 501 g/mol. The van der Waals surface area contributed by atoms with Gasteiger partial charge < -0.3 is 10.1 Å². The highest BCUT2D eigenvalue weighted by molar-refractivity contribution is 7.92. The van der Waals surface area contributed by atoms with Gasteiger partial charge in [0.05, 0.1) is 23.7 Å². The molecule has 1 N–H and O–H groups in total. The molecule has 0 aliphatic heterocycles. The van der Waals surface area contributed by atoms with Crippen molar-refractivity contribution >= 4 is 33.2 Å². The molecule has 0 saturated heterocycles. The maximum absolute atomic E-state index is 13.7. The molecule has 3 aromatic carbocycles. The third kappa shape index (κ3) is 5.72. The Bertz CT molecular complexity index is 1290. The summed E-state index contributed by atoms with van der Waals surface area (Å²) in [6, 6.07) is 16.8. The lowest BCUT2D eigenvalue weighted by atomic mass is 10.0. The van der Waals surface area contributed by atoms with Crippen molar-refractivity contribution in [3.05, 3.63) is 87.9 Å². The lowest BCUT2D eigenvalue weighted by Crippen LogP contribution is -2.41. The molecule has 3 rings (SSSR count). The third-order valence-electron chi connectivity index (χ3n) is 5.58. The molecule has 8 heteroatoms. The van der Waals surface area contributed by atoms with E-state index in [1.165, 1.54) is 25.3 Å². The number of benzene rings is 3. The van der Waals surface area contributed by atoms with Gasteiger partial charge in [0, 0.05) is 5.02 Å². The van der Waals surface area contributed by atoms with E-state index in [0.29, 0.717) is 5.02 Å². The fourth-order valence-corrected chi connectivity index (χ4v) is 5.39. The Morgan fingerprint density at radius 3 is 2.26 bits per heavy atom. The summed E-state index contributed by atoms with van der Waals surface area (Å²) in [5.41, 5.74) is 4.25. The summed E-state index contributed by atoms with van der Waals surface area (Å²) >= 11 is 6.19. The molecule has 180 valence electrons. The van der Waals surface area contributed by atoms with Crippen LogP contribution < -0.4 is 14.4 Å². The molecule has 0 aliphatic carbocycles. The average Bonchev–Trinajstić information content (AvgIpc) is 2.77. The van der Waals surface area contributed by atoms with Crippen LogP contribution in [0.2, 0.25) is 5.02 Å². The van der Waals surface area contributed by atoms with Gasteiger partial charge in [-0.1, -0.05) is 53.1 Å². The largest absolute Gasteiger partial charge is 0.495 e. The second kappa shape index (κ2) is 10.5. The third-order valence-corrected chi connectivity index (χ3v) is 7.58. The van der Waals surface area contributed by atoms with Gasteiger partial charge in [0.25, 0.3) is 10.0 Å². The first-order chi connectivity index (χ1) is 16.0. The lowest BCUT2D eigenvalue weighted by Gasteiger charge is -2.27. The minimum Gasteiger partial charge on any atom is -0.495 e. The number of amides is 1. The number of rotatable bonds is 8. The minimum absolute atomic E-state index is 0.0651. The van der Waals surface area contributed by atoms with E-state index < -0.39 is 22.5 Å². The zero-order valence-electron chi connectivity index (χ0n) is 19.9. The highest BCUT2D eigenvalue weighted by atomic mass is 35.5. The number of sulfonamides is 1. The van der Waals surface area contributed by atoms with E-state index in [-0.39, 0.29) is 22.4 Å². The number of methoxy groups -OCH3 is 1. The van der Waals surface area contributed by atoms with Gasteiger partial charge in [0.15, 0.2) is 0 Å². The number of carbonyl (C=O) groups excluding carboxylic acids is 1. The van der Waals surface area contributed by atoms with E-state index >= 15 is 0 Å². The van der Waals surface area contributed by atoms with Gasteiger partial charge in [0.1, 0.15) is 12.3 Å². The molecule has 0 saturated carbocycles. The van der Waals surface area contributed by atoms with Crippen molar-refractivity contribution in [3.63, 3.8) is 0 Å². The Morgan fingerprint density at radius 1 is 1.00 bits per heavy atom. The van der Waals surface area contributed by atoms with Gasteiger partial charge in [-0.05, 0) is 69.2 Å². The molecule has 0 fully saturated rings. The SMILES string of the molecule is COc1ccc(Cl)cc1N(CC(=O)N[C@@H](C)c1ccc(C)cc1C)S(=O)(=O)c1ccc(C)cc1. The molecule has 0 bridgehead atoms. The van der Waals surface area contributed by atoms with Crippen LogP contribution in [0.25, 0.3) is 0 Å². The second-order valence-electron chi connectivity index (χ2n) is 8.29. The quantitative estimate of drug-likeness (QED) is 0.452. The Kier molecular flexibility index (Phi) is 7.89. The lowest BCUT2D eigenvalue weighted by molar-refractivity contribution is -0.120. The number of halogens is 1. The number of hydrogen-bond donors (Lipinski definition) is 1. The molecule has 0 radical (unpaired) electrons. The minimum atomic E-state index is -4.10. The van der Waals surface area contributed by atoms with E-state index in [1.807, 2.05) is 45.9 Å². The maximum atomic E-state index is 13.7. The molecule has 0 heterocycles. The summed E-state index contributed by atoms with van der Waals surface area (Å²) in [7, 11) is -2.66. The number of nitrogens with one attached hydrogen (secondary N) is 1. The Morgan fingerprint density at radius 2 is 1.65 bits per heavy atom. The van der Waals surface area contributed by atoms with Gasteiger partial charge in [-0.25, -0.2) is 8.42 Å². The highest BCUT2D eigenvalue weighted by Gasteiger charge is 2.30. The van der Waals surface area contributed by atoms with E-state index in [4.69, 9.17) is 16.3 Å². The molecule has 0 aliphatic rings. The number of carbonyl (C=O) groups is 1. The fraction of sp³-hybridized carbons (Fsp3) is 0.269. The van der Waals surface area contributed by atoms with Gasteiger partial charge in [0.2, 0.25) is 5.91 Å². The van der Waals surface area contributed by atoms with E-state index in [9.17, 15) is 13.2 Å². The standard InChI is InChI=1S/C26H29ClN2O4S/c1-17-6-10-22(11-7-17)34(31,32)29(24-15-21(27)9-13-25(24)33-5)16-26(30)28-20(4)23-12-8-18(2)14-19(23)3/h6-15,20H,16H2,1-5H3,(H,28,30)/t20-/m0/s1. The van der Waals surface area contributed by atoms with Crippen LogP contribution in [0, 0.1) is 20.8 Å².